The molecular formula is C22H22N4O4. The normalized spacial score (nSPS) is 12.7. The summed E-state index contributed by atoms with van der Waals surface area (Å²) in [4.78, 5) is 44.8. The van der Waals surface area contributed by atoms with Crippen LogP contribution in [0.1, 0.15) is 18.2 Å². The molecule has 0 aliphatic rings. The van der Waals surface area contributed by atoms with Crippen molar-refractivity contribution in [2.45, 2.75) is 31.8 Å². The maximum atomic E-state index is 12.8. The zero-order valence-corrected chi connectivity index (χ0v) is 16.4. The van der Waals surface area contributed by atoms with Gasteiger partial charge in [-0.2, -0.15) is 0 Å². The number of aromatic nitrogens is 2. The first-order chi connectivity index (χ1) is 14.4. The van der Waals surface area contributed by atoms with Crippen LogP contribution in [0.25, 0.3) is 11.0 Å². The summed E-state index contributed by atoms with van der Waals surface area (Å²) < 4.78 is 0. The lowest BCUT2D eigenvalue weighted by atomic mass is 10.0. The van der Waals surface area contributed by atoms with Crippen LogP contribution in [0, 0.1) is 0 Å². The van der Waals surface area contributed by atoms with Crippen molar-refractivity contribution < 1.29 is 19.5 Å². The fourth-order valence-electron chi connectivity index (χ4n) is 3.08. The van der Waals surface area contributed by atoms with Crippen LogP contribution in [-0.4, -0.2) is 44.9 Å². The standard InChI is InChI=1S/C22H22N4O4/c1-14(27)24-19(11-15-7-3-2-4-8-15)21(28)26-20(22(29)30)12-16-13-23-17-9-5-6-10-18(17)25-16/h2-10,13,19-20H,11-12H2,1H3,(H,24,27)(H,26,28)(H,29,30)/t19-,20-/m1/s1. The van der Waals surface area contributed by atoms with Crippen molar-refractivity contribution in [1.29, 1.82) is 0 Å². The van der Waals surface area contributed by atoms with E-state index in [1.807, 2.05) is 48.5 Å². The van der Waals surface area contributed by atoms with Crippen LogP contribution in [0.4, 0.5) is 0 Å². The largest absolute Gasteiger partial charge is 0.480 e. The van der Waals surface area contributed by atoms with Crippen LogP contribution in [0.15, 0.2) is 60.8 Å². The second kappa shape index (κ2) is 9.60. The quantitative estimate of drug-likeness (QED) is 0.521. The summed E-state index contributed by atoms with van der Waals surface area (Å²) >= 11 is 0. The predicted octanol–water partition coefficient (Wildman–Crippen LogP) is 1.49. The third-order valence-corrected chi connectivity index (χ3v) is 4.50. The van der Waals surface area contributed by atoms with Crippen molar-refractivity contribution in [2.75, 3.05) is 0 Å². The molecule has 0 spiro atoms. The van der Waals surface area contributed by atoms with E-state index in [1.165, 1.54) is 13.1 Å². The third kappa shape index (κ3) is 5.60. The molecule has 0 aliphatic heterocycles. The summed E-state index contributed by atoms with van der Waals surface area (Å²) in [5.41, 5.74) is 2.63. The molecule has 0 fully saturated rings. The summed E-state index contributed by atoms with van der Waals surface area (Å²) in [7, 11) is 0. The molecule has 2 aromatic carbocycles. The van der Waals surface area contributed by atoms with Crippen LogP contribution in [-0.2, 0) is 27.2 Å². The Labute approximate surface area is 173 Å². The molecule has 1 aromatic heterocycles. The van der Waals surface area contributed by atoms with Crippen molar-refractivity contribution in [2.24, 2.45) is 0 Å². The van der Waals surface area contributed by atoms with Gasteiger partial charge in [0.05, 0.1) is 16.7 Å². The van der Waals surface area contributed by atoms with Gasteiger partial charge in [0, 0.05) is 26.0 Å². The van der Waals surface area contributed by atoms with Crippen LogP contribution in [0.5, 0.6) is 0 Å². The number of rotatable bonds is 8. The molecule has 0 unspecified atom stereocenters. The Morgan fingerprint density at radius 2 is 1.57 bits per heavy atom. The first-order valence-electron chi connectivity index (χ1n) is 9.47. The maximum absolute atomic E-state index is 12.8. The number of amides is 2. The molecule has 3 rings (SSSR count). The highest BCUT2D eigenvalue weighted by molar-refractivity contribution is 5.90. The van der Waals surface area contributed by atoms with Gasteiger partial charge < -0.3 is 15.7 Å². The summed E-state index contributed by atoms with van der Waals surface area (Å²) in [5.74, 6) is -2.15. The highest BCUT2D eigenvalue weighted by Gasteiger charge is 2.27. The van der Waals surface area contributed by atoms with E-state index in [9.17, 15) is 19.5 Å². The van der Waals surface area contributed by atoms with Crippen LogP contribution < -0.4 is 10.6 Å². The van der Waals surface area contributed by atoms with Gasteiger partial charge in [-0.3, -0.25) is 14.6 Å². The number of carboxylic acids is 1. The lowest BCUT2D eigenvalue weighted by Gasteiger charge is -2.21. The van der Waals surface area contributed by atoms with Crippen LogP contribution in [0.3, 0.4) is 0 Å². The molecule has 0 bridgehead atoms. The highest BCUT2D eigenvalue weighted by Crippen LogP contribution is 2.10. The smallest absolute Gasteiger partial charge is 0.326 e. The molecule has 2 atom stereocenters. The Morgan fingerprint density at radius 3 is 2.23 bits per heavy atom. The minimum Gasteiger partial charge on any atom is -0.480 e. The van der Waals surface area contributed by atoms with Crippen molar-refractivity contribution in [3.05, 3.63) is 72.1 Å². The molecule has 0 saturated carbocycles. The Bertz CT molecular complexity index is 1060. The van der Waals surface area contributed by atoms with E-state index < -0.39 is 24.0 Å². The molecular weight excluding hydrogens is 384 g/mol. The number of benzene rings is 2. The molecule has 0 aliphatic carbocycles. The zero-order chi connectivity index (χ0) is 21.5. The lowest BCUT2D eigenvalue weighted by molar-refractivity contribution is -0.142. The first-order valence-corrected chi connectivity index (χ1v) is 9.47. The van der Waals surface area contributed by atoms with E-state index in [0.29, 0.717) is 16.7 Å². The van der Waals surface area contributed by atoms with Gasteiger partial charge in [0.25, 0.3) is 0 Å². The van der Waals surface area contributed by atoms with Gasteiger partial charge in [0.1, 0.15) is 12.1 Å². The summed E-state index contributed by atoms with van der Waals surface area (Å²) in [5, 5.41) is 14.7. The number of carboxylic acid groups (broad SMARTS) is 1. The molecule has 2 amide bonds. The molecule has 8 heteroatoms. The molecule has 154 valence electrons. The predicted molar refractivity (Wildman–Crippen MR) is 111 cm³/mol. The first kappa shape index (κ1) is 20.9. The van der Waals surface area contributed by atoms with Crippen molar-refractivity contribution in [1.82, 2.24) is 20.6 Å². The minimum absolute atomic E-state index is 0.0307. The van der Waals surface area contributed by atoms with Gasteiger partial charge in [-0.15, -0.1) is 0 Å². The van der Waals surface area contributed by atoms with Crippen LogP contribution >= 0.6 is 0 Å². The number of hydrogen-bond acceptors (Lipinski definition) is 5. The molecule has 3 N–H and O–H groups in total. The highest BCUT2D eigenvalue weighted by atomic mass is 16.4. The van der Waals surface area contributed by atoms with E-state index in [4.69, 9.17) is 0 Å². The number of para-hydroxylation sites is 2. The number of carbonyl (C=O) groups is 3. The Balaban J connectivity index is 1.74. The summed E-state index contributed by atoms with van der Waals surface area (Å²) in [6, 6.07) is 14.3. The van der Waals surface area contributed by atoms with Gasteiger partial charge in [-0.05, 0) is 17.7 Å². The van der Waals surface area contributed by atoms with E-state index in [1.54, 1.807) is 6.07 Å². The number of aliphatic carboxylic acids is 1. The fraction of sp³-hybridized carbons (Fsp3) is 0.227. The fourth-order valence-corrected chi connectivity index (χ4v) is 3.08. The molecule has 0 saturated heterocycles. The van der Waals surface area contributed by atoms with E-state index in [-0.39, 0.29) is 18.7 Å². The topological polar surface area (TPSA) is 121 Å². The number of fused-ring (bicyclic) bond motifs is 1. The SMILES string of the molecule is CC(=O)N[C@H](Cc1ccccc1)C(=O)N[C@H](Cc1cnc2ccccc2n1)C(=O)O. The third-order valence-electron chi connectivity index (χ3n) is 4.50. The lowest BCUT2D eigenvalue weighted by Crippen LogP contribution is -2.52. The molecule has 1 heterocycles. The van der Waals surface area contributed by atoms with E-state index in [2.05, 4.69) is 20.6 Å². The van der Waals surface area contributed by atoms with Gasteiger partial charge >= 0.3 is 5.97 Å². The number of carbonyl (C=O) groups excluding carboxylic acids is 2. The monoisotopic (exact) mass is 406 g/mol. The summed E-state index contributed by atoms with van der Waals surface area (Å²) in [6.45, 7) is 1.31. The molecule has 8 nitrogen and oxygen atoms in total. The number of hydrogen-bond donors (Lipinski definition) is 3. The van der Waals surface area contributed by atoms with Crippen LogP contribution in [0.2, 0.25) is 0 Å². The number of nitrogens with zero attached hydrogens (tertiary/aromatic N) is 2. The van der Waals surface area contributed by atoms with Gasteiger partial charge in [-0.25, -0.2) is 9.78 Å². The Hall–Kier alpha value is -3.81. The van der Waals surface area contributed by atoms with Crippen molar-refractivity contribution in [3.63, 3.8) is 0 Å². The average molecular weight is 406 g/mol. The molecule has 3 aromatic rings. The van der Waals surface area contributed by atoms with Crippen molar-refractivity contribution in [3.8, 4) is 0 Å². The second-order valence-electron chi connectivity index (χ2n) is 6.90. The zero-order valence-electron chi connectivity index (χ0n) is 16.4. The summed E-state index contributed by atoms with van der Waals surface area (Å²) in [6.07, 6.45) is 1.71. The Kier molecular flexibility index (Phi) is 6.69. The Morgan fingerprint density at radius 1 is 0.900 bits per heavy atom. The van der Waals surface area contributed by atoms with Gasteiger partial charge in [-0.1, -0.05) is 42.5 Å². The molecule has 30 heavy (non-hydrogen) atoms. The number of nitrogens with one attached hydrogen (secondary N) is 2. The van der Waals surface area contributed by atoms with Gasteiger partial charge in [0.2, 0.25) is 11.8 Å². The average Bonchev–Trinajstić information content (AvgIpc) is 2.73. The van der Waals surface area contributed by atoms with E-state index in [0.717, 1.165) is 5.56 Å². The van der Waals surface area contributed by atoms with Crippen molar-refractivity contribution >= 4 is 28.8 Å². The molecule has 0 radical (unpaired) electrons. The second-order valence-corrected chi connectivity index (χ2v) is 6.90. The van der Waals surface area contributed by atoms with E-state index >= 15 is 0 Å². The minimum atomic E-state index is -1.21. The van der Waals surface area contributed by atoms with Gasteiger partial charge in [0.15, 0.2) is 0 Å². The maximum Gasteiger partial charge on any atom is 0.326 e.